The standard InChI is InChI=1S/C13H22N4/c1-9-5-4-6-11(7-9)17-13-8-12(14-3)15-10(2)16-13/h8-9,11H,4-7H2,1-3H3,(H2,14,15,16,17). The third-order valence-corrected chi connectivity index (χ3v) is 3.38. The van der Waals surface area contributed by atoms with Gasteiger partial charge in [-0.15, -0.1) is 0 Å². The Hall–Kier alpha value is -1.32. The van der Waals surface area contributed by atoms with Gasteiger partial charge in [-0.05, 0) is 25.7 Å². The SMILES string of the molecule is CNc1cc(NC2CCCC(C)C2)nc(C)n1. The normalized spacial score (nSPS) is 24.4. The molecule has 4 heteroatoms. The van der Waals surface area contributed by atoms with Crippen LogP contribution < -0.4 is 10.6 Å². The molecule has 0 radical (unpaired) electrons. The Kier molecular flexibility index (Phi) is 3.82. The van der Waals surface area contributed by atoms with Crippen molar-refractivity contribution in [3.05, 3.63) is 11.9 Å². The topological polar surface area (TPSA) is 49.8 Å². The van der Waals surface area contributed by atoms with Gasteiger partial charge in [0.1, 0.15) is 17.5 Å². The van der Waals surface area contributed by atoms with E-state index in [0.717, 1.165) is 23.4 Å². The van der Waals surface area contributed by atoms with Crippen LogP contribution >= 0.6 is 0 Å². The summed E-state index contributed by atoms with van der Waals surface area (Å²) in [5.41, 5.74) is 0. The van der Waals surface area contributed by atoms with Crippen molar-refractivity contribution >= 4 is 11.6 Å². The van der Waals surface area contributed by atoms with Gasteiger partial charge >= 0.3 is 0 Å². The van der Waals surface area contributed by atoms with Gasteiger partial charge in [-0.25, -0.2) is 9.97 Å². The number of anilines is 2. The first kappa shape index (κ1) is 12.1. The monoisotopic (exact) mass is 234 g/mol. The molecular weight excluding hydrogens is 212 g/mol. The minimum absolute atomic E-state index is 0.567. The number of rotatable bonds is 3. The summed E-state index contributed by atoms with van der Waals surface area (Å²) in [5, 5.41) is 6.60. The Labute approximate surface area is 103 Å². The van der Waals surface area contributed by atoms with E-state index in [2.05, 4.69) is 27.5 Å². The number of hydrogen-bond donors (Lipinski definition) is 2. The van der Waals surface area contributed by atoms with E-state index in [1.54, 1.807) is 0 Å². The van der Waals surface area contributed by atoms with Crippen molar-refractivity contribution < 1.29 is 0 Å². The molecule has 1 saturated carbocycles. The smallest absolute Gasteiger partial charge is 0.132 e. The van der Waals surface area contributed by atoms with Crippen molar-refractivity contribution in [2.75, 3.05) is 17.7 Å². The van der Waals surface area contributed by atoms with Crippen LogP contribution in [-0.4, -0.2) is 23.1 Å². The number of nitrogens with zero attached hydrogens (tertiary/aromatic N) is 2. The Morgan fingerprint density at radius 2 is 2.00 bits per heavy atom. The highest BCUT2D eigenvalue weighted by Crippen LogP contribution is 2.26. The number of aryl methyl sites for hydroxylation is 1. The second kappa shape index (κ2) is 5.34. The van der Waals surface area contributed by atoms with Gasteiger partial charge in [0.05, 0.1) is 0 Å². The summed E-state index contributed by atoms with van der Waals surface area (Å²) < 4.78 is 0. The fourth-order valence-corrected chi connectivity index (χ4v) is 2.54. The van der Waals surface area contributed by atoms with Gasteiger partial charge in [0, 0.05) is 19.2 Å². The first-order valence-electron chi connectivity index (χ1n) is 6.47. The Bertz CT molecular complexity index is 378. The zero-order valence-corrected chi connectivity index (χ0v) is 11.0. The van der Waals surface area contributed by atoms with E-state index >= 15 is 0 Å². The summed E-state index contributed by atoms with van der Waals surface area (Å²) in [4.78, 5) is 8.74. The molecule has 0 aromatic carbocycles. The summed E-state index contributed by atoms with van der Waals surface area (Å²) in [6, 6.07) is 2.55. The molecule has 4 nitrogen and oxygen atoms in total. The first-order valence-corrected chi connectivity index (χ1v) is 6.47. The molecule has 2 N–H and O–H groups in total. The van der Waals surface area contributed by atoms with Gasteiger partial charge in [-0.2, -0.15) is 0 Å². The van der Waals surface area contributed by atoms with E-state index in [4.69, 9.17) is 0 Å². The second-order valence-electron chi connectivity index (χ2n) is 5.05. The van der Waals surface area contributed by atoms with Crippen molar-refractivity contribution in [1.29, 1.82) is 0 Å². The molecule has 94 valence electrons. The summed E-state index contributed by atoms with van der Waals surface area (Å²) in [6.07, 6.45) is 5.19. The van der Waals surface area contributed by atoms with Gasteiger partial charge in [0.15, 0.2) is 0 Å². The lowest BCUT2D eigenvalue weighted by Gasteiger charge is -2.28. The second-order valence-corrected chi connectivity index (χ2v) is 5.05. The van der Waals surface area contributed by atoms with Crippen LogP contribution in [-0.2, 0) is 0 Å². The van der Waals surface area contributed by atoms with Gasteiger partial charge in [-0.1, -0.05) is 19.8 Å². The van der Waals surface area contributed by atoms with E-state index in [9.17, 15) is 0 Å². The van der Waals surface area contributed by atoms with Gasteiger partial charge in [0.2, 0.25) is 0 Å². The predicted octanol–water partition coefficient (Wildman–Crippen LogP) is 2.82. The molecule has 17 heavy (non-hydrogen) atoms. The molecule has 1 fully saturated rings. The predicted molar refractivity (Wildman–Crippen MR) is 71.4 cm³/mol. The van der Waals surface area contributed by atoms with Crippen LogP contribution in [0.3, 0.4) is 0 Å². The Morgan fingerprint density at radius 3 is 2.71 bits per heavy atom. The molecule has 0 bridgehead atoms. The van der Waals surface area contributed by atoms with Crippen LogP contribution in [0.4, 0.5) is 11.6 Å². The first-order chi connectivity index (χ1) is 8.17. The Morgan fingerprint density at radius 1 is 1.24 bits per heavy atom. The zero-order valence-electron chi connectivity index (χ0n) is 11.0. The average Bonchev–Trinajstić information content (AvgIpc) is 2.28. The lowest BCUT2D eigenvalue weighted by Crippen LogP contribution is -2.26. The molecule has 1 aromatic heterocycles. The summed E-state index contributed by atoms with van der Waals surface area (Å²) in [7, 11) is 1.88. The number of nitrogens with one attached hydrogen (secondary N) is 2. The molecule has 0 spiro atoms. The molecule has 1 aliphatic rings. The molecule has 1 aromatic rings. The third kappa shape index (κ3) is 3.32. The minimum Gasteiger partial charge on any atom is -0.373 e. The minimum atomic E-state index is 0.567. The fourth-order valence-electron chi connectivity index (χ4n) is 2.54. The third-order valence-electron chi connectivity index (χ3n) is 3.38. The van der Waals surface area contributed by atoms with Crippen molar-refractivity contribution in [2.24, 2.45) is 5.92 Å². The highest BCUT2D eigenvalue weighted by Gasteiger charge is 2.19. The molecule has 2 unspecified atom stereocenters. The van der Waals surface area contributed by atoms with Gasteiger partial charge in [0.25, 0.3) is 0 Å². The zero-order chi connectivity index (χ0) is 12.3. The van der Waals surface area contributed by atoms with Crippen LogP contribution in [0.1, 0.15) is 38.4 Å². The van der Waals surface area contributed by atoms with E-state index in [0.29, 0.717) is 6.04 Å². The fraction of sp³-hybridized carbons (Fsp3) is 0.692. The van der Waals surface area contributed by atoms with Crippen molar-refractivity contribution in [2.45, 2.75) is 45.6 Å². The molecule has 1 aliphatic carbocycles. The maximum Gasteiger partial charge on any atom is 0.132 e. The van der Waals surface area contributed by atoms with E-state index < -0.39 is 0 Å². The van der Waals surface area contributed by atoms with Crippen molar-refractivity contribution in [1.82, 2.24) is 9.97 Å². The lowest BCUT2D eigenvalue weighted by atomic mass is 9.87. The van der Waals surface area contributed by atoms with Crippen molar-refractivity contribution in [3.8, 4) is 0 Å². The highest BCUT2D eigenvalue weighted by molar-refractivity contribution is 5.47. The molecule has 2 rings (SSSR count). The summed E-state index contributed by atoms with van der Waals surface area (Å²) >= 11 is 0. The molecule has 1 heterocycles. The van der Waals surface area contributed by atoms with Crippen LogP contribution in [0.25, 0.3) is 0 Å². The highest BCUT2D eigenvalue weighted by atomic mass is 15.1. The number of aromatic nitrogens is 2. The van der Waals surface area contributed by atoms with E-state index in [1.807, 2.05) is 20.0 Å². The largest absolute Gasteiger partial charge is 0.373 e. The van der Waals surface area contributed by atoms with E-state index in [1.165, 1.54) is 25.7 Å². The Balaban J connectivity index is 2.04. The maximum atomic E-state index is 4.44. The summed E-state index contributed by atoms with van der Waals surface area (Å²) in [5.74, 6) is 3.46. The number of hydrogen-bond acceptors (Lipinski definition) is 4. The van der Waals surface area contributed by atoms with Crippen LogP contribution in [0.2, 0.25) is 0 Å². The molecule has 2 atom stereocenters. The molecular formula is C13H22N4. The molecule has 0 aliphatic heterocycles. The maximum absolute atomic E-state index is 4.44. The molecule has 0 saturated heterocycles. The van der Waals surface area contributed by atoms with Crippen LogP contribution in [0.15, 0.2) is 6.07 Å². The van der Waals surface area contributed by atoms with Crippen LogP contribution in [0.5, 0.6) is 0 Å². The van der Waals surface area contributed by atoms with Crippen LogP contribution in [0, 0.1) is 12.8 Å². The lowest BCUT2D eigenvalue weighted by molar-refractivity contribution is 0.358. The van der Waals surface area contributed by atoms with E-state index in [-0.39, 0.29) is 0 Å². The molecule has 0 amide bonds. The average molecular weight is 234 g/mol. The van der Waals surface area contributed by atoms with Gasteiger partial charge < -0.3 is 10.6 Å². The summed E-state index contributed by atoms with van der Waals surface area (Å²) in [6.45, 7) is 4.26. The van der Waals surface area contributed by atoms with Crippen molar-refractivity contribution in [3.63, 3.8) is 0 Å². The quantitative estimate of drug-likeness (QED) is 0.844. The van der Waals surface area contributed by atoms with Gasteiger partial charge in [-0.3, -0.25) is 0 Å².